The van der Waals surface area contributed by atoms with Crippen molar-refractivity contribution in [2.45, 2.75) is 13.8 Å². The van der Waals surface area contributed by atoms with Crippen LogP contribution >= 0.6 is 0 Å². The normalized spacial score (nSPS) is 14.3. The number of carbonyl (C=O) groups is 3. The molecule has 2 rings (SSSR count). The number of hydrogen-bond acceptors (Lipinski definition) is 5. The fourth-order valence-corrected chi connectivity index (χ4v) is 1.45. The molecule has 1 aliphatic carbocycles. The van der Waals surface area contributed by atoms with Gasteiger partial charge in [-0.1, -0.05) is 13.8 Å². The second-order valence-corrected chi connectivity index (χ2v) is 4.15. The summed E-state index contributed by atoms with van der Waals surface area (Å²) in [5, 5.41) is 2.42. The third-order valence-electron chi connectivity index (χ3n) is 2.45. The summed E-state index contributed by atoms with van der Waals surface area (Å²) in [7, 11) is 0. The van der Waals surface area contributed by atoms with Crippen molar-refractivity contribution >= 4 is 17.5 Å². The molecule has 0 saturated heterocycles. The van der Waals surface area contributed by atoms with Crippen LogP contribution in [0, 0.1) is 5.92 Å². The lowest BCUT2D eigenvalue weighted by Gasteiger charge is -2.14. The molecule has 0 aliphatic heterocycles. The molecular weight excluding hydrogens is 234 g/mol. The number of nitrogens with zero attached hydrogens (tertiary/aromatic N) is 2. The summed E-state index contributed by atoms with van der Waals surface area (Å²) < 4.78 is 0. The van der Waals surface area contributed by atoms with E-state index in [-0.39, 0.29) is 28.9 Å². The smallest absolute Gasteiger partial charge is 0.230 e. The molecule has 6 nitrogen and oxygen atoms in total. The van der Waals surface area contributed by atoms with E-state index in [1.54, 1.807) is 13.8 Å². The van der Waals surface area contributed by atoms with Gasteiger partial charge < -0.3 is 5.32 Å². The number of allylic oxidation sites excluding steroid dienone is 2. The first kappa shape index (κ1) is 12.1. The highest BCUT2D eigenvalue weighted by Gasteiger charge is 2.29. The van der Waals surface area contributed by atoms with Gasteiger partial charge in [-0.15, -0.1) is 0 Å². The molecule has 18 heavy (non-hydrogen) atoms. The maximum atomic E-state index is 12.0. The Kier molecular flexibility index (Phi) is 3.01. The number of ketones is 2. The van der Waals surface area contributed by atoms with Gasteiger partial charge >= 0.3 is 0 Å². The quantitative estimate of drug-likeness (QED) is 0.820. The van der Waals surface area contributed by atoms with Gasteiger partial charge in [-0.3, -0.25) is 14.4 Å². The van der Waals surface area contributed by atoms with Crippen LogP contribution in [0.15, 0.2) is 24.2 Å². The molecule has 0 unspecified atom stereocenters. The highest BCUT2D eigenvalue weighted by atomic mass is 16.2. The summed E-state index contributed by atoms with van der Waals surface area (Å²) >= 11 is 0. The number of fused-ring (bicyclic) bond motifs is 1. The summed E-state index contributed by atoms with van der Waals surface area (Å²) in [5.41, 5.74) is -0.0548. The van der Waals surface area contributed by atoms with E-state index in [4.69, 9.17) is 0 Å². The lowest BCUT2D eigenvalue weighted by atomic mass is 10.0. The monoisotopic (exact) mass is 245 g/mol. The van der Waals surface area contributed by atoms with Crippen LogP contribution in [0.1, 0.15) is 34.8 Å². The van der Waals surface area contributed by atoms with E-state index in [1.807, 2.05) is 0 Å². The standard InChI is InChI=1S/C12H11N3O3/c1-6(2)12(18)15-7-5-8(16)9-10(11(7)17)14-4-3-13-9/h3-6H,1-2H3,(H,15,18). The van der Waals surface area contributed by atoms with Gasteiger partial charge in [-0.05, 0) is 0 Å². The number of Topliss-reactive ketones (excluding diaryl/α,β-unsaturated/α-hetero) is 1. The minimum atomic E-state index is -0.494. The van der Waals surface area contributed by atoms with E-state index in [2.05, 4.69) is 15.3 Å². The molecule has 1 amide bonds. The summed E-state index contributed by atoms with van der Waals surface area (Å²) in [5.74, 6) is -1.53. The molecule has 1 N–H and O–H groups in total. The lowest BCUT2D eigenvalue weighted by Crippen LogP contribution is -2.34. The van der Waals surface area contributed by atoms with Crippen LogP contribution in [-0.2, 0) is 4.79 Å². The van der Waals surface area contributed by atoms with Crippen molar-refractivity contribution in [1.29, 1.82) is 0 Å². The topological polar surface area (TPSA) is 89.0 Å². The molecular formula is C12H11N3O3. The molecule has 1 aromatic rings. The molecule has 6 heteroatoms. The molecule has 0 bridgehead atoms. The van der Waals surface area contributed by atoms with Gasteiger partial charge in [0, 0.05) is 24.4 Å². The summed E-state index contributed by atoms with van der Waals surface area (Å²) in [4.78, 5) is 42.9. The molecule has 0 atom stereocenters. The van der Waals surface area contributed by atoms with E-state index in [9.17, 15) is 14.4 Å². The Morgan fingerprint density at radius 3 is 2.39 bits per heavy atom. The zero-order valence-corrected chi connectivity index (χ0v) is 9.93. The molecule has 0 fully saturated rings. The second-order valence-electron chi connectivity index (χ2n) is 4.15. The number of nitrogens with one attached hydrogen (secondary N) is 1. The number of hydrogen-bond donors (Lipinski definition) is 1. The SMILES string of the molecule is CC(C)C(=O)NC1=CC(=O)c2nccnc2C1=O. The number of aromatic nitrogens is 2. The molecule has 1 heterocycles. The van der Waals surface area contributed by atoms with Crippen LogP contribution in [-0.4, -0.2) is 27.4 Å². The third kappa shape index (κ3) is 2.04. The van der Waals surface area contributed by atoms with Crippen molar-refractivity contribution in [3.05, 3.63) is 35.6 Å². The number of rotatable bonds is 2. The molecule has 1 aliphatic rings. The van der Waals surface area contributed by atoms with Gasteiger partial charge in [-0.2, -0.15) is 0 Å². The Bertz CT molecular complexity index is 576. The van der Waals surface area contributed by atoms with Crippen LogP contribution in [0.5, 0.6) is 0 Å². The minimum absolute atomic E-state index is 0.0186. The van der Waals surface area contributed by atoms with Crippen LogP contribution in [0.4, 0.5) is 0 Å². The predicted octanol–water partition coefficient (Wildman–Crippen LogP) is 0.512. The van der Waals surface area contributed by atoms with E-state index in [0.29, 0.717) is 0 Å². The average molecular weight is 245 g/mol. The first-order chi connectivity index (χ1) is 8.50. The molecule has 0 aromatic carbocycles. The zero-order valence-electron chi connectivity index (χ0n) is 9.93. The predicted molar refractivity (Wildman–Crippen MR) is 61.8 cm³/mol. The number of carbonyl (C=O) groups excluding carboxylic acids is 3. The molecule has 0 saturated carbocycles. The Morgan fingerprint density at radius 1 is 1.17 bits per heavy atom. The van der Waals surface area contributed by atoms with Crippen LogP contribution in [0.3, 0.4) is 0 Å². The van der Waals surface area contributed by atoms with Crippen molar-refractivity contribution in [1.82, 2.24) is 15.3 Å². The second kappa shape index (κ2) is 4.48. The average Bonchev–Trinajstić information content (AvgIpc) is 2.35. The van der Waals surface area contributed by atoms with Crippen LogP contribution in [0.25, 0.3) is 0 Å². The van der Waals surface area contributed by atoms with Gasteiger partial charge in [0.25, 0.3) is 0 Å². The number of amides is 1. The van der Waals surface area contributed by atoms with Crippen molar-refractivity contribution < 1.29 is 14.4 Å². The summed E-state index contributed by atoms with van der Waals surface area (Å²) in [6, 6.07) is 0. The summed E-state index contributed by atoms with van der Waals surface area (Å²) in [6.45, 7) is 3.39. The van der Waals surface area contributed by atoms with Gasteiger partial charge in [-0.25, -0.2) is 9.97 Å². The van der Waals surface area contributed by atoms with Gasteiger partial charge in [0.2, 0.25) is 17.5 Å². The third-order valence-corrected chi connectivity index (χ3v) is 2.45. The summed E-state index contributed by atoms with van der Waals surface area (Å²) in [6.07, 6.45) is 3.76. The van der Waals surface area contributed by atoms with Crippen molar-refractivity contribution in [3.8, 4) is 0 Å². The Balaban J connectivity index is 2.34. The minimum Gasteiger partial charge on any atom is -0.322 e. The molecule has 0 spiro atoms. The van der Waals surface area contributed by atoms with Gasteiger partial charge in [0.1, 0.15) is 11.4 Å². The van der Waals surface area contributed by atoms with E-state index in [1.165, 1.54) is 12.4 Å². The fourth-order valence-electron chi connectivity index (χ4n) is 1.45. The van der Waals surface area contributed by atoms with Crippen molar-refractivity contribution in [3.63, 3.8) is 0 Å². The van der Waals surface area contributed by atoms with E-state index in [0.717, 1.165) is 6.08 Å². The first-order valence-electron chi connectivity index (χ1n) is 5.43. The largest absolute Gasteiger partial charge is 0.322 e. The first-order valence-corrected chi connectivity index (χ1v) is 5.43. The zero-order chi connectivity index (χ0) is 13.3. The van der Waals surface area contributed by atoms with Crippen molar-refractivity contribution in [2.24, 2.45) is 5.92 Å². The van der Waals surface area contributed by atoms with Crippen LogP contribution < -0.4 is 5.32 Å². The highest BCUT2D eigenvalue weighted by molar-refractivity contribution is 6.23. The Hall–Kier alpha value is -2.37. The van der Waals surface area contributed by atoms with E-state index >= 15 is 0 Å². The Labute approximate surface area is 103 Å². The van der Waals surface area contributed by atoms with Gasteiger partial charge in [0.05, 0.1) is 5.70 Å². The van der Waals surface area contributed by atoms with Crippen molar-refractivity contribution in [2.75, 3.05) is 0 Å². The lowest BCUT2D eigenvalue weighted by molar-refractivity contribution is -0.123. The highest BCUT2D eigenvalue weighted by Crippen LogP contribution is 2.15. The van der Waals surface area contributed by atoms with E-state index < -0.39 is 11.6 Å². The van der Waals surface area contributed by atoms with Gasteiger partial charge in [0.15, 0.2) is 0 Å². The molecule has 1 aromatic heterocycles. The van der Waals surface area contributed by atoms with Crippen LogP contribution in [0.2, 0.25) is 0 Å². The molecule has 92 valence electrons. The molecule has 0 radical (unpaired) electrons. The fraction of sp³-hybridized carbons (Fsp3) is 0.250. The maximum absolute atomic E-state index is 12.0. The Morgan fingerprint density at radius 2 is 1.78 bits per heavy atom. The maximum Gasteiger partial charge on any atom is 0.230 e.